The standard InChI is InChI=1S/C37H58N4O4/c1-6-7-8-9-24(2)30-12-13-31-29-11-10-26-20-28(14-17-36(26,4)32(29)15-18-37(30,31)5)45-35(44)33(21-27-22-38-23-40-27)41-34(43)16-19-39-25(3)42/h10,22-24,28-33H,6-9,11-21H2,1-5H3,(H,38,40)(H,39,42)(H,41,43)/t24-,28+,29+,30-,31+,32+,33+,36+,37-/m1/s1. The smallest absolute Gasteiger partial charge is 0.329 e. The van der Waals surface area contributed by atoms with Crippen molar-refractivity contribution in [1.29, 1.82) is 0 Å². The Morgan fingerprint density at radius 3 is 2.67 bits per heavy atom. The second kappa shape index (κ2) is 14.4. The highest BCUT2D eigenvalue weighted by Gasteiger charge is 2.59. The second-order valence-corrected chi connectivity index (χ2v) is 15.4. The summed E-state index contributed by atoms with van der Waals surface area (Å²) in [5.74, 6) is 3.14. The number of ether oxygens (including phenoxy) is 1. The molecule has 1 aromatic heterocycles. The predicted molar refractivity (Wildman–Crippen MR) is 176 cm³/mol. The SMILES string of the molecule is CCCCC[C@@H](C)[C@H]1CC[C@H]2[C@@H]3CC=C4C[C@@H](OC(=O)[C@H](Cc5cnc[nH]5)NC(=O)CCNC(C)=O)CC[C@]4(C)[C@H]3CC[C@]12C. The van der Waals surface area contributed by atoms with E-state index >= 15 is 0 Å². The zero-order valence-electron chi connectivity index (χ0n) is 28.5. The average Bonchev–Trinajstić information content (AvgIpc) is 3.64. The summed E-state index contributed by atoms with van der Waals surface area (Å²) in [6.45, 7) is 11.6. The molecule has 1 aromatic rings. The van der Waals surface area contributed by atoms with E-state index in [0.717, 1.165) is 54.5 Å². The summed E-state index contributed by atoms with van der Waals surface area (Å²) in [6, 6.07) is -0.816. The molecule has 0 spiro atoms. The first-order valence-corrected chi connectivity index (χ1v) is 18.0. The van der Waals surface area contributed by atoms with Crippen LogP contribution in [-0.2, 0) is 25.5 Å². The molecule has 0 unspecified atom stereocenters. The number of esters is 1. The molecule has 0 aliphatic heterocycles. The maximum atomic E-state index is 13.5. The Bertz CT molecular complexity index is 1210. The van der Waals surface area contributed by atoms with E-state index < -0.39 is 12.0 Å². The fourth-order valence-electron chi connectivity index (χ4n) is 10.3. The number of H-pyrrole nitrogens is 1. The van der Waals surface area contributed by atoms with Crippen molar-refractivity contribution in [2.24, 2.45) is 40.4 Å². The van der Waals surface area contributed by atoms with Gasteiger partial charge in [0.15, 0.2) is 0 Å². The lowest BCUT2D eigenvalue weighted by molar-refractivity contribution is -0.155. The molecule has 0 aromatic carbocycles. The molecule has 0 saturated heterocycles. The molecular weight excluding hydrogens is 564 g/mol. The molecule has 250 valence electrons. The first-order valence-electron chi connectivity index (χ1n) is 18.0. The third-order valence-corrected chi connectivity index (χ3v) is 12.7. The van der Waals surface area contributed by atoms with Crippen LogP contribution in [0, 0.1) is 40.4 Å². The zero-order valence-corrected chi connectivity index (χ0v) is 28.5. The lowest BCUT2D eigenvalue weighted by Gasteiger charge is -2.58. The van der Waals surface area contributed by atoms with Crippen LogP contribution in [0.25, 0.3) is 0 Å². The Morgan fingerprint density at radius 2 is 1.93 bits per heavy atom. The first kappa shape index (κ1) is 33.7. The Morgan fingerprint density at radius 1 is 1.11 bits per heavy atom. The van der Waals surface area contributed by atoms with E-state index in [4.69, 9.17) is 4.74 Å². The number of amides is 2. The van der Waals surface area contributed by atoms with Gasteiger partial charge in [-0.15, -0.1) is 0 Å². The topological polar surface area (TPSA) is 113 Å². The number of hydrogen-bond acceptors (Lipinski definition) is 5. The van der Waals surface area contributed by atoms with E-state index in [9.17, 15) is 14.4 Å². The molecule has 3 saturated carbocycles. The molecule has 9 atom stereocenters. The molecule has 8 nitrogen and oxygen atoms in total. The number of allylic oxidation sites excluding steroid dienone is 1. The molecular formula is C37H58N4O4. The quantitative estimate of drug-likeness (QED) is 0.129. The van der Waals surface area contributed by atoms with Gasteiger partial charge in [0, 0.05) is 44.6 Å². The van der Waals surface area contributed by atoms with Gasteiger partial charge in [-0.2, -0.15) is 0 Å². The number of carbonyl (C=O) groups excluding carboxylic acids is 3. The predicted octanol–water partition coefficient (Wildman–Crippen LogP) is 6.67. The molecule has 1 heterocycles. The van der Waals surface area contributed by atoms with Crippen molar-refractivity contribution in [2.45, 2.75) is 137 Å². The highest BCUT2D eigenvalue weighted by molar-refractivity contribution is 5.85. The number of hydrogen-bond donors (Lipinski definition) is 3. The number of unbranched alkanes of at least 4 members (excludes halogenated alkanes) is 2. The number of imidazole rings is 1. The van der Waals surface area contributed by atoms with Gasteiger partial charge in [-0.3, -0.25) is 9.59 Å². The van der Waals surface area contributed by atoms with Crippen LogP contribution in [0.4, 0.5) is 0 Å². The van der Waals surface area contributed by atoms with E-state index in [-0.39, 0.29) is 42.7 Å². The Kier molecular flexibility index (Phi) is 10.8. The Hall–Kier alpha value is -2.64. The molecule has 45 heavy (non-hydrogen) atoms. The molecule has 0 bridgehead atoms. The summed E-state index contributed by atoms with van der Waals surface area (Å²) in [4.78, 5) is 44.4. The number of aromatic nitrogens is 2. The number of nitrogens with zero attached hydrogens (tertiary/aromatic N) is 1. The van der Waals surface area contributed by atoms with Crippen molar-refractivity contribution in [3.8, 4) is 0 Å². The van der Waals surface area contributed by atoms with Gasteiger partial charge < -0.3 is 20.4 Å². The fraction of sp³-hybridized carbons (Fsp3) is 0.784. The molecule has 5 rings (SSSR count). The second-order valence-electron chi connectivity index (χ2n) is 15.4. The molecule has 8 heteroatoms. The number of carbonyl (C=O) groups is 3. The van der Waals surface area contributed by atoms with Gasteiger partial charge in [0.2, 0.25) is 11.8 Å². The minimum absolute atomic E-state index is 0.0993. The summed E-state index contributed by atoms with van der Waals surface area (Å²) in [5.41, 5.74) is 2.91. The van der Waals surface area contributed by atoms with E-state index in [1.165, 1.54) is 70.3 Å². The van der Waals surface area contributed by atoms with Crippen molar-refractivity contribution in [2.75, 3.05) is 6.54 Å². The fourth-order valence-corrected chi connectivity index (χ4v) is 10.3. The number of rotatable bonds is 13. The molecule has 3 fully saturated rings. The van der Waals surface area contributed by atoms with Gasteiger partial charge in [0.1, 0.15) is 12.1 Å². The summed E-state index contributed by atoms with van der Waals surface area (Å²) in [6.07, 6.45) is 20.8. The number of nitrogens with one attached hydrogen (secondary N) is 3. The Balaban J connectivity index is 1.21. The van der Waals surface area contributed by atoms with Crippen LogP contribution in [0.15, 0.2) is 24.2 Å². The molecule has 3 N–H and O–H groups in total. The van der Waals surface area contributed by atoms with Crippen molar-refractivity contribution < 1.29 is 19.1 Å². The summed E-state index contributed by atoms with van der Waals surface area (Å²) < 4.78 is 6.14. The Labute approximate surface area is 270 Å². The molecule has 2 amide bonds. The normalized spacial score (nSPS) is 33.5. The van der Waals surface area contributed by atoms with Gasteiger partial charge in [0.25, 0.3) is 0 Å². The zero-order chi connectivity index (χ0) is 32.2. The lowest BCUT2D eigenvalue weighted by atomic mass is 9.47. The number of aromatic amines is 1. The molecule has 0 radical (unpaired) electrons. The van der Waals surface area contributed by atoms with Gasteiger partial charge >= 0.3 is 5.97 Å². The van der Waals surface area contributed by atoms with Crippen LogP contribution in [0.5, 0.6) is 0 Å². The van der Waals surface area contributed by atoms with Crippen LogP contribution in [0.1, 0.15) is 124 Å². The third-order valence-electron chi connectivity index (χ3n) is 12.7. The maximum Gasteiger partial charge on any atom is 0.329 e. The molecule has 4 aliphatic carbocycles. The van der Waals surface area contributed by atoms with Crippen LogP contribution < -0.4 is 10.6 Å². The van der Waals surface area contributed by atoms with Crippen LogP contribution >= 0.6 is 0 Å². The maximum absolute atomic E-state index is 13.5. The first-order chi connectivity index (χ1) is 21.5. The highest BCUT2D eigenvalue weighted by atomic mass is 16.5. The summed E-state index contributed by atoms with van der Waals surface area (Å²) >= 11 is 0. The van der Waals surface area contributed by atoms with Gasteiger partial charge in [-0.05, 0) is 85.4 Å². The minimum Gasteiger partial charge on any atom is -0.461 e. The van der Waals surface area contributed by atoms with E-state index in [1.807, 2.05) is 0 Å². The summed E-state index contributed by atoms with van der Waals surface area (Å²) in [7, 11) is 0. The largest absolute Gasteiger partial charge is 0.461 e. The van der Waals surface area contributed by atoms with E-state index in [1.54, 1.807) is 12.5 Å². The minimum atomic E-state index is -0.816. The average molecular weight is 623 g/mol. The lowest BCUT2D eigenvalue weighted by Crippen LogP contribution is -2.51. The van der Waals surface area contributed by atoms with Crippen molar-refractivity contribution in [3.05, 3.63) is 29.9 Å². The van der Waals surface area contributed by atoms with Gasteiger partial charge in [0.05, 0.1) is 6.33 Å². The molecule has 4 aliphatic rings. The summed E-state index contributed by atoms with van der Waals surface area (Å²) in [5, 5.41) is 5.47. The monoisotopic (exact) mass is 622 g/mol. The van der Waals surface area contributed by atoms with Crippen molar-refractivity contribution in [3.63, 3.8) is 0 Å². The van der Waals surface area contributed by atoms with Crippen LogP contribution in [0.2, 0.25) is 0 Å². The third kappa shape index (κ3) is 7.35. The van der Waals surface area contributed by atoms with Crippen molar-refractivity contribution in [1.82, 2.24) is 20.6 Å². The van der Waals surface area contributed by atoms with E-state index in [0.29, 0.717) is 5.41 Å². The number of fused-ring (bicyclic) bond motifs is 5. The van der Waals surface area contributed by atoms with E-state index in [2.05, 4.69) is 54.4 Å². The van der Waals surface area contributed by atoms with Crippen LogP contribution in [-0.4, -0.2) is 46.4 Å². The van der Waals surface area contributed by atoms with Crippen molar-refractivity contribution >= 4 is 17.8 Å². The van der Waals surface area contributed by atoms with Gasteiger partial charge in [-0.1, -0.05) is 65.0 Å². The van der Waals surface area contributed by atoms with Crippen LogP contribution in [0.3, 0.4) is 0 Å². The van der Waals surface area contributed by atoms with Gasteiger partial charge in [-0.25, -0.2) is 9.78 Å². The highest BCUT2D eigenvalue weighted by Crippen LogP contribution is 2.67.